The number of rotatable bonds is 8. The normalized spacial score (nSPS) is 15.0. The molecule has 10 heteroatoms. The number of H-pyrrole nitrogens is 1. The number of hydrogen-bond acceptors (Lipinski definition) is 7. The molecule has 1 fully saturated rings. The minimum absolute atomic E-state index is 0.00666. The van der Waals surface area contributed by atoms with E-state index in [4.69, 9.17) is 9.15 Å². The Labute approximate surface area is 229 Å². The van der Waals surface area contributed by atoms with E-state index in [0.29, 0.717) is 44.0 Å². The van der Waals surface area contributed by atoms with Crippen LogP contribution in [0, 0.1) is 10.1 Å². The Kier molecular flexibility index (Phi) is 6.93. The Hall–Kier alpha value is -4.67. The van der Waals surface area contributed by atoms with Crippen molar-refractivity contribution < 1.29 is 24.0 Å². The second-order valence-electron chi connectivity index (χ2n) is 9.87. The van der Waals surface area contributed by atoms with Crippen LogP contribution in [0.1, 0.15) is 10.6 Å². The SMILES string of the molecule is O=C(c1ccc(-c2ccc([N+](=O)[O-])cc2)o1)N1CCN(CC(O)COc2cccc3[nH]c4ccccc4c23)CC1. The van der Waals surface area contributed by atoms with Crippen LogP contribution in [0.4, 0.5) is 5.69 Å². The zero-order chi connectivity index (χ0) is 27.6. The molecule has 0 saturated carbocycles. The number of carbonyl (C=O) groups is 1. The lowest BCUT2D eigenvalue weighted by atomic mass is 10.1. The van der Waals surface area contributed by atoms with Gasteiger partial charge in [-0.25, -0.2) is 0 Å². The molecular formula is C30H28N4O6. The van der Waals surface area contributed by atoms with Crippen LogP contribution in [0.3, 0.4) is 0 Å². The maximum absolute atomic E-state index is 13.0. The van der Waals surface area contributed by atoms with Crippen molar-refractivity contribution in [2.75, 3.05) is 39.3 Å². The molecule has 1 unspecified atom stereocenters. The Morgan fingerprint density at radius 3 is 2.50 bits per heavy atom. The van der Waals surface area contributed by atoms with Gasteiger partial charge in [-0.05, 0) is 42.5 Å². The van der Waals surface area contributed by atoms with Crippen LogP contribution in [0.15, 0.2) is 83.3 Å². The summed E-state index contributed by atoms with van der Waals surface area (Å²) in [4.78, 5) is 30.7. The van der Waals surface area contributed by atoms with Crippen LogP contribution in [0.5, 0.6) is 5.75 Å². The second-order valence-corrected chi connectivity index (χ2v) is 9.87. The van der Waals surface area contributed by atoms with Crippen LogP contribution in [-0.2, 0) is 0 Å². The molecule has 0 spiro atoms. The summed E-state index contributed by atoms with van der Waals surface area (Å²) in [5.41, 5.74) is 2.68. The molecule has 0 radical (unpaired) electrons. The molecule has 0 bridgehead atoms. The number of nitro groups is 1. The first-order valence-electron chi connectivity index (χ1n) is 13.1. The van der Waals surface area contributed by atoms with Gasteiger partial charge in [-0.2, -0.15) is 0 Å². The maximum Gasteiger partial charge on any atom is 0.289 e. The van der Waals surface area contributed by atoms with E-state index >= 15 is 0 Å². The predicted octanol–water partition coefficient (Wildman–Crippen LogP) is 4.69. The Balaban J connectivity index is 1.01. The lowest BCUT2D eigenvalue weighted by Gasteiger charge is -2.35. The number of piperazine rings is 1. The number of fused-ring (bicyclic) bond motifs is 3. The Bertz CT molecular complexity index is 1670. The third-order valence-electron chi connectivity index (χ3n) is 7.23. The maximum atomic E-state index is 13.0. The van der Waals surface area contributed by atoms with Crippen molar-refractivity contribution in [2.45, 2.75) is 6.10 Å². The van der Waals surface area contributed by atoms with Gasteiger partial charge in [0.2, 0.25) is 0 Å². The molecule has 10 nitrogen and oxygen atoms in total. The summed E-state index contributed by atoms with van der Waals surface area (Å²) in [6, 6.07) is 23.3. The quantitative estimate of drug-likeness (QED) is 0.216. The third-order valence-corrected chi connectivity index (χ3v) is 7.23. The van der Waals surface area contributed by atoms with E-state index in [9.17, 15) is 20.0 Å². The number of aromatic nitrogens is 1. The van der Waals surface area contributed by atoms with E-state index in [-0.39, 0.29) is 24.0 Å². The molecule has 6 rings (SSSR count). The highest BCUT2D eigenvalue weighted by atomic mass is 16.6. The van der Waals surface area contributed by atoms with E-state index < -0.39 is 11.0 Å². The monoisotopic (exact) mass is 540 g/mol. The molecule has 1 saturated heterocycles. The highest BCUT2D eigenvalue weighted by Gasteiger charge is 2.26. The number of nitrogens with zero attached hydrogens (tertiary/aromatic N) is 3. The fourth-order valence-electron chi connectivity index (χ4n) is 5.17. The van der Waals surface area contributed by atoms with Crippen molar-refractivity contribution in [1.29, 1.82) is 0 Å². The van der Waals surface area contributed by atoms with Gasteiger partial charge in [0.05, 0.1) is 10.4 Å². The molecule has 0 aliphatic carbocycles. The molecule has 40 heavy (non-hydrogen) atoms. The minimum Gasteiger partial charge on any atom is -0.490 e. The lowest BCUT2D eigenvalue weighted by molar-refractivity contribution is -0.384. The summed E-state index contributed by atoms with van der Waals surface area (Å²) in [5, 5.41) is 23.7. The molecule has 1 amide bonds. The van der Waals surface area contributed by atoms with E-state index in [1.807, 2.05) is 36.4 Å². The fourth-order valence-corrected chi connectivity index (χ4v) is 5.17. The number of aromatic amines is 1. The second kappa shape index (κ2) is 10.8. The smallest absolute Gasteiger partial charge is 0.289 e. The van der Waals surface area contributed by atoms with Crippen molar-refractivity contribution in [1.82, 2.24) is 14.8 Å². The summed E-state index contributed by atoms with van der Waals surface area (Å²) < 4.78 is 11.8. The van der Waals surface area contributed by atoms with Crippen molar-refractivity contribution in [3.8, 4) is 17.1 Å². The first-order chi connectivity index (χ1) is 19.5. The zero-order valence-corrected chi connectivity index (χ0v) is 21.7. The van der Waals surface area contributed by atoms with Crippen LogP contribution < -0.4 is 4.74 Å². The summed E-state index contributed by atoms with van der Waals surface area (Å²) in [7, 11) is 0. The van der Waals surface area contributed by atoms with Gasteiger partial charge in [-0.15, -0.1) is 0 Å². The number of nitro benzene ring substituents is 1. The summed E-state index contributed by atoms with van der Waals surface area (Å²) in [6.45, 7) is 2.86. The van der Waals surface area contributed by atoms with Gasteiger partial charge in [0.15, 0.2) is 5.76 Å². The third kappa shape index (κ3) is 5.14. The number of carbonyl (C=O) groups excluding carboxylic acids is 1. The average Bonchev–Trinajstić information content (AvgIpc) is 3.62. The van der Waals surface area contributed by atoms with Gasteiger partial charge in [-0.3, -0.25) is 19.8 Å². The standard InChI is InChI=1S/C30H28N4O6/c35-22(19-39-27-7-3-6-25-29(27)23-4-1-2-5-24(23)31-25)18-32-14-16-33(17-15-32)30(36)28-13-12-26(40-28)20-8-10-21(11-9-20)34(37)38/h1-13,22,31,35H,14-19H2. The van der Waals surface area contributed by atoms with E-state index in [0.717, 1.165) is 27.6 Å². The Morgan fingerprint density at radius 2 is 1.73 bits per heavy atom. The van der Waals surface area contributed by atoms with Gasteiger partial charge < -0.3 is 24.1 Å². The highest BCUT2D eigenvalue weighted by molar-refractivity contribution is 6.10. The van der Waals surface area contributed by atoms with E-state index in [1.54, 1.807) is 29.2 Å². The number of nitrogens with one attached hydrogen (secondary N) is 1. The van der Waals surface area contributed by atoms with Gasteiger partial charge in [0, 0.05) is 66.7 Å². The first-order valence-corrected chi connectivity index (χ1v) is 13.1. The van der Waals surface area contributed by atoms with Crippen molar-refractivity contribution in [2.24, 2.45) is 0 Å². The summed E-state index contributed by atoms with van der Waals surface area (Å²) in [5.74, 6) is 1.23. The molecular weight excluding hydrogens is 512 g/mol. The van der Waals surface area contributed by atoms with Gasteiger partial charge in [0.25, 0.3) is 11.6 Å². The molecule has 5 aromatic rings. The number of furan rings is 1. The first kappa shape index (κ1) is 25.6. The predicted molar refractivity (Wildman–Crippen MR) is 150 cm³/mol. The number of benzene rings is 3. The molecule has 3 heterocycles. The summed E-state index contributed by atoms with van der Waals surface area (Å²) in [6.07, 6.45) is -0.683. The minimum atomic E-state index is -0.683. The fraction of sp³-hybridized carbons (Fsp3) is 0.233. The molecule has 1 atom stereocenters. The number of amides is 1. The molecule has 1 aliphatic rings. The zero-order valence-electron chi connectivity index (χ0n) is 21.7. The molecule has 1 aliphatic heterocycles. The van der Waals surface area contributed by atoms with Crippen LogP contribution in [-0.4, -0.2) is 76.2 Å². The average molecular weight is 541 g/mol. The topological polar surface area (TPSA) is 125 Å². The van der Waals surface area contributed by atoms with Crippen LogP contribution in [0.2, 0.25) is 0 Å². The Morgan fingerprint density at radius 1 is 0.975 bits per heavy atom. The van der Waals surface area contributed by atoms with Crippen molar-refractivity contribution in [3.63, 3.8) is 0 Å². The number of ether oxygens (including phenoxy) is 1. The summed E-state index contributed by atoms with van der Waals surface area (Å²) >= 11 is 0. The number of aliphatic hydroxyl groups is 1. The van der Waals surface area contributed by atoms with Crippen LogP contribution >= 0.6 is 0 Å². The number of non-ortho nitro benzene ring substituents is 1. The van der Waals surface area contributed by atoms with Crippen LogP contribution in [0.25, 0.3) is 33.1 Å². The number of β-amino-alcohol motifs (C(OH)–C–C–N with tert-alkyl or cyclic N) is 1. The largest absolute Gasteiger partial charge is 0.490 e. The van der Waals surface area contributed by atoms with Gasteiger partial charge in [-0.1, -0.05) is 24.3 Å². The van der Waals surface area contributed by atoms with E-state index in [2.05, 4.69) is 16.0 Å². The molecule has 2 aromatic heterocycles. The number of para-hydroxylation sites is 1. The van der Waals surface area contributed by atoms with Crippen molar-refractivity contribution >= 4 is 33.4 Å². The highest BCUT2D eigenvalue weighted by Crippen LogP contribution is 2.33. The number of hydrogen-bond donors (Lipinski definition) is 2. The van der Waals surface area contributed by atoms with E-state index in [1.165, 1.54) is 12.1 Å². The lowest BCUT2D eigenvalue weighted by Crippen LogP contribution is -2.50. The number of aliphatic hydroxyl groups excluding tert-OH is 1. The molecule has 3 aromatic carbocycles. The molecule has 204 valence electrons. The molecule has 2 N–H and O–H groups in total. The van der Waals surface area contributed by atoms with Gasteiger partial charge >= 0.3 is 0 Å². The van der Waals surface area contributed by atoms with Gasteiger partial charge in [0.1, 0.15) is 24.2 Å². The van der Waals surface area contributed by atoms with Crippen molar-refractivity contribution in [3.05, 3.63) is 94.7 Å².